The zero-order valence-electron chi connectivity index (χ0n) is 11.7. The molecule has 2 unspecified atom stereocenters. The van der Waals surface area contributed by atoms with Crippen LogP contribution in [0.3, 0.4) is 0 Å². The minimum atomic E-state index is -0.455. The summed E-state index contributed by atoms with van der Waals surface area (Å²) in [6, 6.07) is 0. The van der Waals surface area contributed by atoms with E-state index in [0.29, 0.717) is 0 Å². The lowest BCUT2D eigenvalue weighted by atomic mass is 9.97. The van der Waals surface area contributed by atoms with Crippen molar-refractivity contribution in [1.82, 2.24) is 14.7 Å². The first-order valence-electron chi connectivity index (χ1n) is 6.51. The maximum Gasteiger partial charge on any atom is 0.0993 e. The molecule has 0 aromatic carbocycles. The minimum Gasteiger partial charge on any atom is -0.386 e. The highest BCUT2D eigenvalue weighted by atomic mass is 79.9. The van der Waals surface area contributed by atoms with Crippen molar-refractivity contribution in [2.24, 2.45) is 5.92 Å². The van der Waals surface area contributed by atoms with Gasteiger partial charge in [-0.3, -0.25) is 4.68 Å². The lowest BCUT2D eigenvalue weighted by molar-refractivity contribution is 0.101. The maximum atomic E-state index is 10.4. The minimum absolute atomic E-state index is 0.251. The van der Waals surface area contributed by atoms with Crippen LogP contribution in [0.25, 0.3) is 0 Å². The van der Waals surface area contributed by atoms with E-state index in [4.69, 9.17) is 0 Å². The average molecular weight is 318 g/mol. The van der Waals surface area contributed by atoms with Crippen LogP contribution in [-0.4, -0.2) is 40.4 Å². The Hall–Kier alpha value is -0.390. The number of aromatic nitrogens is 2. The first kappa shape index (κ1) is 15.7. The van der Waals surface area contributed by atoms with Gasteiger partial charge in [-0.1, -0.05) is 20.3 Å². The molecule has 0 aliphatic carbocycles. The molecule has 1 heterocycles. The monoisotopic (exact) mass is 317 g/mol. The predicted octanol–water partition coefficient (Wildman–Crippen LogP) is 2.68. The number of rotatable bonds is 7. The first-order chi connectivity index (χ1) is 8.47. The van der Waals surface area contributed by atoms with Crippen LogP contribution < -0.4 is 0 Å². The highest BCUT2D eigenvalue weighted by Gasteiger charge is 2.22. The number of halogens is 1. The molecule has 5 heteroatoms. The highest BCUT2D eigenvalue weighted by molar-refractivity contribution is 9.10. The highest BCUT2D eigenvalue weighted by Crippen LogP contribution is 2.30. The van der Waals surface area contributed by atoms with Crippen LogP contribution in [0.2, 0.25) is 0 Å². The normalized spacial score (nSPS) is 15.1. The number of hydrogen-bond acceptors (Lipinski definition) is 3. The molecule has 104 valence electrons. The van der Waals surface area contributed by atoms with Gasteiger partial charge in [0.1, 0.15) is 0 Å². The van der Waals surface area contributed by atoms with E-state index >= 15 is 0 Å². The quantitative estimate of drug-likeness (QED) is 0.840. The molecule has 0 saturated heterocycles. The summed E-state index contributed by atoms with van der Waals surface area (Å²) in [4.78, 5) is 2.11. The van der Waals surface area contributed by atoms with Gasteiger partial charge >= 0.3 is 0 Å². The summed E-state index contributed by atoms with van der Waals surface area (Å²) in [6.45, 7) is 5.94. The van der Waals surface area contributed by atoms with E-state index in [-0.39, 0.29) is 5.92 Å². The van der Waals surface area contributed by atoms with Crippen LogP contribution in [0, 0.1) is 5.92 Å². The molecule has 0 saturated carbocycles. The van der Waals surface area contributed by atoms with Gasteiger partial charge in [0.2, 0.25) is 0 Å². The Bertz CT molecular complexity index is 365. The molecule has 2 atom stereocenters. The first-order valence-corrected chi connectivity index (χ1v) is 7.30. The summed E-state index contributed by atoms with van der Waals surface area (Å²) >= 11 is 3.49. The molecule has 1 N–H and O–H groups in total. The van der Waals surface area contributed by atoms with E-state index in [1.807, 2.05) is 18.8 Å². The zero-order chi connectivity index (χ0) is 13.7. The molecule has 0 bridgehead atoms. The van der Waals surface area contributed by atoms with Gasteiger partial charge in [-0.25, -0.2) is 0 Å². The van der Waals surface area contributed by atoms with Crippen molar-refractivity contribution in [3.8, 4) is 0 Å². The number of aliphatic hydroxyl groups is 1. The van der Waals surface area contributed by atoms with E-state index in [2.05, 4.69) is 39.8 Å². The Morgan fingerprint density at radius 3 is 2.72 bits per heavy atom. The van der Waals surface area contributed by atoms with Gasteiger partial charge < -0.3 is 10.0 Å². The summed E-state index contributed by atoms with van der Waals surface area (Å²) in [5.41, 5.74) is 0.901. The van der Waals surface area contributed by atoms with Gasteiger partial charge in [0.25, 0.3) is 0 Å². The molecule has 0 amide bonds. The molecule has 1 aromatic heterocycles. The predicted molar refractivity (Wildman–Crippen MR) is 77.5 cm³/mol. The number of hydrogen-bond donors (Lipinski definition) is 1. The largest absolute Gasteiger partial charge is 0.386 e. The molecule has 0 spiro atoms. The van der Waals surface area contributed by atoms with E-state index in [0.717, 1.165) is 36.1 Å². The summed E-state index contributed by atoms with van der Waals surface area (Å²) < 4.78 is 2.80. The van der Waals surface area contributed by atoms with Crippen LogP contribution in [0.5, 0.6) is 0 Å². The molecule has 0 aliphatic heterocycles. The summed E-state index contributed by atoms with van der Waals surface area (Å²) in [6.07, 6.45) is 3.42. The van der Waals surface area contributed by atoms with Crippen molar-refractivity contribution in [2.75, 3.05) is 20.6 Å². The summed E-state index contributed by atoms with van der Waals surface area (Å²) in [5, 5.41) is 14.8. The van der Waals surface area contributed by atoms with Crippen molar-refractivity contribution in [3.05, 3.63) is 16.4 Å². The molecule has 0 fully saturated rings. The molecule has 4 nitrogen and oxygen atoms in total. The second-order valence-corrected chi connectivity index (χ2v) is 5.97. The topological polar surface area (TPSA) is 41.3 Å². The van der Waals surface area contributed by atoms with Crippen molar-refractivity contribution in [3.63, 3.8) is 0 Å². The van der Waals surface area contributed by atoms with Crippen LogP contribution in [-0.2, 0) is 6.54 Å². The molecular weight excluding hydrogens is 294 g/mol. The summed E-state index contributed by atoms with van der Waals surface area (Å²) in [5.74, 6) is 0.251. The van der Waals surface area contributed by atoms with E-state index in [1.54, 1.807) is 6.20 Å². The van der Waals surface area contributed by atoms with Crippen LogP contribution >= 0.6 is 15.9 Å². The van der Waals surface area contributed by atoms with Crippen molar-refractivity contribution < 1.29 is 5.11 Å². The average Bonchev–Trinajstić information content (AvgIpc) is 2.67. The third-order valence-electron chi connectivity index (χ3n) is 3.16. The van der Waals surface area contributed by atoms with Gasteiger partial charge in [0, 0.05) is 6.54 Å². The lowest BCUT2D eigenvalue weighted by Crippen LogP contribution is -2.22. The SMILES string of the molecule is CCCC(C)C(O)c1c(Br)cnn1CCN(C)C. The van der Waals surface area contributed by atoms with Gasteiger partial charge in [-0.15, -0.1) is 0 Å². The fourth-order valence-electron chi connectivity index (χ4n) is 2.02. The van der Waals surface area contributed by atoms with Gasteiger partial charge in [-0.05, 0) is 42.4 Å². The van der Waals surface area contributed by atoms with Crippen molar-refractivity contribution in [1.29, 1.82) is 0 Å². The van der Waals surface area contributed by atoms with Crippen molar-refractivity contribution >= 4 is 15.9 Å². The molecule has 1 rings (SSSR count). The standard InChI is InChI=1S/C13H24BrN3O/c1-5-6-10(2)13(18)12-11(14)9-15-17(12)8-7-16(3)4/h9-10,13,18H,5-8H2,1-4H3. The lowest BCUT2D eigenvalue weighted by Gasteiger charge is -2.21. The van der Waals surface area contributed by atoms with E-state index in [1.165, 1.54) is 0 Å². The Balaban J connectivity index is 2.82. The van der Waals surface area contributed by atoms with Crippen LogP contribution in [0.1, 0.15) is 38.5 Å². The third kappa shape index (κ3) is 4.07. The summed E-state index contributed by atoms with van der Waals surface area (Å²) in [7, 11) is 4.07. The molecule has 0 aliphatic rings. The molecule has 1 aromatic rings. The fraction of sp³-hybridized carbons (Fsp3) is 0.769. The van der Waals surface area contributed by atoms with Gasteiger partial charge in [0.15, 0.2) is 0 Å². The van der Waals surface area contributed by atoms with Crippen LogP contribution in [0.4, 0.5) is 0 Å². The smallest absolute Gasteiger partial charge is 0.0993 e. The van der Waals surface area contributed by atoms with Crippen molar-refractivity contribution in [2.45, 2.75) is 39.3 Å². The van der Waals surface area contributed by atoms with Gasteiger partial charge in [-0.2, -0.15) is 5.10 Å². The van der Waals surface area contributed by atoms with E-state index < -0.39 is 6.10 Å². The zero-order valence-corrected chi connectivity index (χ0v) is 13.3. The molecule has 18 heavy (non-hydrogen) atoms. The molecular formula is C13H24BrN3O. The third-order valence-corrected chi connectivity index (χ3v) is 3.77. The Kier molecular flexibility index (Phi) is 6.32. The number of aliphatic hydroxyl groups excluding tert-OH is 1. The maximum absolute atomic E-state index is 10.4. The Morgan fingerprint density at radius 2 is 2.17 bits per heavy atom. The Labute approximate surface area is 118 Å². The second kappa shape index (κ2) is 7.26. The number of nitrogens with zero attached hydrogens (tertiary/aromatic N) is 3. The van der Waals surface area contributed by atoms with Crippen LogP contribution in [0.15, 0.2) is 10.7 Å². The Morgan fingerprint density at radius 1 is 1.50 bits per heavy atom. The molecule has 0 radical (unpaired) electrons. The second-order valence-electron chi connectivity index (χ2n) is 5.11. The van der Waals surface area contributed by atoms with Gasteiger partial charge in [0.05, 0.1) is 29.0 Å². The van der Waals surface area contributed by atoms with E-state index in [9.17, 15) is 5.11 Å². The fourth-order valence-corrected chi connectivity index (χ4v) is 2.55. The number of likely N-dealkylation sites (N-methyl/N-ethyl adjacent to an activating group) is 1.